The Morgan fingerprint density at radius 1 is 1.53 bits per heavy atom. The lowest BCUT2D eigenvalue weighted by molar-refractivity contribution is 0.251. The van der Waals surface area contributed by atoms with Crippen LogP contribution in [0, 0.1) is 6.92 Å². The lowest BCUT2D eigenvalue weighted by atomic mass is 10.2. The van der Waals surface area contributed by atoms with E-state index in [4.69, 9.17) is 5.11 Å². The molecule has 0 bridgehead atoms. The summed E-state index contributed by atoms with van der Waals surface area (Å²) in [7, 11) is 1.90. The summed E-state index contributed by atoms with van der Waals surface area (Å²) in [5.74, 6) is 0. The molecule has 2 aromatic heterocycles. The van der Waals surface area contributed by atoms with Crippen LogP contribution in [0.4, 0.5) is 0 Å². The monoisotopic (exact) mass is 234 g/mol. The molecule has 0 spiro atoms. The molecule has 0 aliphatic heterocycles. The fourth-order valence-electron chi connectivity index (χ4n) is 1.80. The van der Waals surface area contributed by atoms with E-state index in [-0.39, 0.29) is 12.6 Å². The first kappa shape index (κ1) is 12.0. The summed E-state index contributed by atoms with van der Waals surface area (Å²) in [4.78, 5) is 4.40. The highest BCUT2D eigenvalue weighted by atomic mass is 16.3. The van der Waals surface area contributed by atoms with Crippen LogP contribution in [0.2, 0.25) is 0 Å². The predicted octanol–water partition coefficient (Wildman–Crippen LogP) is 0.747. The average molecular weight is 234 g/mol. The molecule has 0 unspecified atom stereocenters. The van der Waals surface area contributed by atoms with Gasteiger partial charge in [0.25, 0.3) is 0 Å². The molecule has 0 saturated heterocycles. The van der Waals surface area contributed by atoms with E-state index >= 15 is 0 Å². The number of nitrogens with zero attached hydrogens (tertiary/aromatic N) is 3. The number of aromatic nitrogens is 3. The van der Waals surface area contributed by atoms with E-state index < -0.39 is 0 Å². The number of aryl methyl sites for hydroxylation is 2. The molecule has 5 nitrogen and oxygen atoms in total. The van der Waals surface area contributed by atoms with Gasteiger partial charge in [-0.3, -0.25) is 4.68 Å². The summed E-state index contributed by atoms with van der Waals surface area (Å²) in [6, 6.07) is 2.20. The van der Waals surface area contributed by atoms with Crippen molar-refractivity contribution in [1.29, 1.82) is 0 Å². The zero-order valence-corrected chi connectivity index (χ0v) is 10.4. The SMILES string of the molecule is Cc1nn(C)c2ncc(CN[C@H](C)CO)cc12. The van der Waals surface area contributed by atoms with Crippen LogP contribution < -0.4 is 5.32 Å². The molecule has 0 saturated carbocycles. The highest BCUT2D eigenvalue weighted by Gasteiger charge is 2.07. The number of hydrogen-bond donors (Lipinski definition) is 2. The minimum Gasteiger partial charge on any atom is -0.395 e. The van der Waals surface area contributed by atoms with E-state index in [1.54, 1.807) is 4.68 Å². The van der Waals surface area contributed by atoms with Crippen molar-refractivity contribution in [1.82, 2.24) is 20.1 Å². The van der Waals surface area contributed by atoms with Crippen molar-refractivity contribution < 1.29 is 5.11 Å². The number of aliphatic hydroxyl groups excluding tert-OH is 1. The molecule has 92 valence electrons. The van der Waals surface area contributed by atoms with Gasteiger partial charge in [-0.2, -0.15) is 5.10 Å². The molecule has 0 aliphatic rings. The van der Waals surface area contributed by atoms with Crippen molar-refractivity contribution >= 4 is 11.0 Å². The minimum absolute atomic E-state index is 0.0979. The fourth-order valence-corrected chi connectivity index (χ4v) is 1.80. The van der Waals surface area contributed by atoms with E-state index in [0.717, 1.165) is 22.3 Å². The zero-order valence-electron chi connectivity index (χ0n) is 10.4. The standard InChI is InChI=1S/C12H18N4O/c1-8(7-17)13-5-10-4-11-9(2)15-16(3)12(11)14-6-10/h4,6,8,13,17H,5,7H2,1-3H3/t8-/m1/s1. The van der Waals surface area contributed by atoms with Gasteiger partial charge in [-0.15, -0.1) is 0 Å². The van der Waals surface area contributed by atoms with Gasteiger partial charge in [0, 0.05) is 31.2 Å². The van der Waals surface area contributed by atoms with Crippen LogP contribution in [-0.4, -0.2) is 32.5 Å². The van der Waals surface area contributed by atoms with Gasteiger partial charge in [-0.1, -0.05) is 0 Å². The fraction of sp³-hybridized carbons (Fsp3) is 0.500. The smallest absolute Gasteiger partial charge is 0.157 e. The average Bonchev–Trinajstić information content (AvgIpc) is 2.62. The van der Waals surface area contributed by atoms with Gasteiger partial charge in [0.15, 0.2) is 5.65 Å². The Balaban J connectivity index is 2.22. The molecule has 2 aromatic rings. The van der Waals surface area contributed by atoms with Crippen LogP contribution in [0.25, 0.3) is 11.0 Å². The Morgan fingerprint density at radius 2 is 2.29 bits per heavy atom. The second-order valence-corrected chi connectivity index (χ2v) is 4.39. The first-order valence-electron chi connectivity index (χ1n) is 5.74. The molecule has 0 fully saturated rings. The molecule has 2 rings (SSSR count). The summed E-state index contributed by atoms with van der Waals surface area (Å²) in [6.07, 6.45) is 1.85. The number of hydrogen-bond acceptors (Lipinski definition) is 4. The maximum Gasteiger partial charge on any atom is 0.157 e. The molecule has 2 N–H and O–H groups in total. The molecule has 0 amide bonds. The predicted molar refractivity (Wildman–Crippen MR) is 66.6 cm³/mol. The van der Waals surface area contributed by atoms with E-state index in [9.17, 15) is 0 Å². The van der Waals surface area contributed by atoms with Gasteiger partial charge in [0.05, 0.1) is 12.3 Å². The molecular formula is C12H18N4O. The summed E-state index contributed by atoms with van der Waals surface area (Å²) in [6.45, 7) is 4.78. The number of aliphatic hydroxyl groups is 1. The zero-order chi connectivity index (χ0) is 12.4. The number of rotatable bonds is 4. The van der Waals surface area contributed by atoms with Crippen LogP contribution in [0.5, 0.6) is 0 Å². The number of pyridine rings is 1. The molecule has 2 heterocycles. The third kappa shape index (κ3) is 2.45. The quantitative estimate of drug-likeness (QED) is 0.819. The number of fused-ring (bicyclic) bond motifs is 1. The van der Waals surface area contributed by atoms with Gasteiger partial charge in [-0.25, -0.2) is 4.98 Å². The molecule has 5 heteroatoms. The Labute approximate surface area is 100 Å². The topological polar surface area (TPSA) is 63.0 Å². The van der Waals surface area contributed by atoms with Crippen LogP contribution in [0.1, 0.15) is 18.2 Å². The third-order valence-electron chi connectivity index (χ3n) is 2.85. The highest BCUT2D eigenvalue weighted by Crippen LogP contribution is 2.16. The lowest BCUT2D eigenvalue weighted by Crippen LogP contribution is -2.28. The summed E-state index contributed by atoms with van der Waals surface area (Å²) in [5.41, 5.74) is 3.00. The number of nitrogens with one attached hydrogen (secondary N) is 1. The molecule has 0 aliphatic carbocycles. The second-order valence-electron chi connectivity index (χ2n) is 4.39. The van der Waals surface area contributed by atoms with E-state index in [0.29, 0.717) is 6.54 Å². The highest BCUT2D eigenvalue weighted by molar-refractivity contribution is 5.78. The largest absolute Gasteiger partial charge is 0.395 e. The van der Waals surface area contributed by atoms with Gasteiger partial charge >= 0.3 is 0 Å². The van der Waals surface area contributed by atoms with Crippen molar-refractivity contribution in [3.63, 3.8) is 0 Å². The van der Waals surface area contributed by atoms with Crippen LogP contribution in [0.15, 0.2) is 12.3 Å². The first-order valence-corrected chi connectivity index (χ1v) is 5.74. The normalized spacial score (nSPS) is 13.2. The molecular weight excluding hydrogens is 216 g/mol. The summed E-state index contributed by atoms with van der Waals surface area (Å²) in [5, 5.41) is 17.6. The van der Waals surface area contributed by atoms with Gasteiger partial charge < -0.3 is 10.4 Å². The lowest BCUT2D eigenvalue weighted by Gasteiger charge is -2.10. The Kier molecular flexibility index (Phi) is 3.40. The Hall–Kier alpha value is -1.46. The van der Waals surface area contributed by atoms with Gasteiger partial charge in [0.1, 0.15) is 0 Å². The molecule has 17 heavy (non-hydrogen) atoms. The Morgan fingerprint density at radius 3 is 3.00 bits per heavy atom. The molecule has 0 radical (unpaired) electrons. The van der Waals surface area contributed by atoms with Gasteiger partial charge in [0.2, 0.25) is 0 Å². The van der Waals surface area contributed by atoms with E-state index in [1.165, 1.54) is 0 Å². The maximum absolute atomic E-state index is 8.94. The van der Waals surface area contributed by atoms with Crippen molar-refractivity contribution in [3.8, 4) is 0 Å². The Bertz CT molecular complexity index is 520. The van der Waals surface area contributed by atoms with Crippen LogP contribution in [0.3, 0.4) is 0 Å². The first-order chi connectivity index (χ1) is 8.11. The van der Waals surface area contributed by atoms with Crippen LogP contribution >= 0.6 is 0 Å². The van der Waals surface area contributed by atoms with Crippen LogP contribution in [-0.2, 0) is 13.6 Å². The second kappa shape index (κ2) is 4.81. The van der Waals surface area contributed by atoms with E-state index in [2.05, 4.69) is 21.5 Å². The minimum atomic E-state index is 0.0979. The maximum atomic E-state index is 8.94. The van der Waals surface area contributed by atoms with Crippen molar-refractivity contribution in [3.05, 3.63) is 23.5 Å². The van der Waals surface area contributed by atoms with Gasteiger partial charge in [-0.05, 0) is 25.5 Å². The van der Waals surface area contributed by atoms with Crippen molar-refractivity contribution in [2.45, 2.75) is 26.4 Å². The summed E-state index contributed by atoms with van der Waals surface area (Å²) < 4.78 is 1.79. The molecule has 0 aromatic carbocycles. The summed E-state index contributed by atoms with van der Waals surface area (Å²) >= 11 is 0. The molecule has 1 atom stereocenters. The van der Waals surface area contributed by atoms with Crippen molar-refractivity contribution in [2.75, 3.05) is 6.61 Å². The van der Waals surface area contributed by atoms with E-state index in [1.807, 2.05) is 27.1 Å². The third-order valence-corrected chi connectivity index (χ3v) is 2.85. The van der Waals surface area contributed by atoms with Crippen molar-refractivity contribution in [2.24, 2.45) is 7.05 Å².